The second kappa shape index (κ2) is 6.06. The maximum Gasteiger partial charge on any atom is 0.416 e. The van der Waals surface area contributed by atoms with Crippen LogP contribution in [-0.4, -0.2) is 23.1 Å². The molecule has 1 aliphatic rings. The van der Waals surface area contributed by atoms with Crippen molar-refractivity contribution in [1.82, 2.24) is 9.97 Å². The fourth-order valence-corrected chi connectivity index (χ4v) is 2.61. The Morgan fingerprint density at radius 3 is 2.30 bits per heavy atom. The molecule has 23 heavy (non-hydrogen) atoms. The van der Waals surface area contributed by atoms with Gasteiger partial charge in [-0.2, -0.15) is 13.2 Å². The number of halogens is 3. The first-order chi connectivity index (χ1) is 10.9. The summed E-state index contributed by atoms with van der Waals surface area (Å²) in [6, 6.07) is 6.73. The summed E-state index contributed by atoms with van der Waals surface area (Å²) in [5.74, 6) is 2.06. The van der Waals surface area contributed by atoms with Gasteiger partial charge in [-0.05, 0) is 44.0 Å². The number of nitrogens with one attached hydrogen (secondary N) is 1. The monoisotopic (exact) mass is 322 g/mol. The minimum absolute atomic E-state index is 0.559. The summed E-state index contributed by atoms with van der Waals surface area (Å²) >= 11 is 0. The maximum atomic E-state index is 12.6. The first kappa shape index (κ1) is 15.6. The summed E-state index contributed by atoms with van der Waals surface area (Å²) in [4.78, 5) is 10.9. The van der Waals surface area contributed by atoms with Crippen LogP contribution < -0.4 is 10.2 Å². The zero-order valence-corrected chi connectivity index (χ0v) is 12.7. The summed E-state index contributed by atoms with van der Waals surface area (Å²) in [5, 5.41) is 3.04. The van der Waals surface area contributed by atoms with Crippen LogP contribution in [0.1, 0.15) is 24.2 Å². The Morgan fingerprint density at radius 2 is 1.70 bits per heavy atom. The highest BCUT2D eigenvalue weighted by Gasteiger charge is 2.29. The molecule has 122 valence electrons. The maximum absolute atomic E-state index is 12.6. The van der Waals surface area contributed by atoms with Gasteiger partial charge in [0.05, 0.1) is 5.56 Å². The van der Waals surface area contributed by atoms with E-state index in [1.807, 2.05) is 6.07 Å². The molecule has 0 unspecified atom stereocenters. The Morgan fingerprint density at radius 1 is 1.04 bits per heavy atom. The molecule has 0 amide bonds. The van der Waals surface area contributed by atoms with Gasteiger partial charge in [0, 0.05) is 24.8 Å². The van der Waals surface area contributed by atoms with Crippen LogP contribution in [0.25, 0.3) is 0 Å². The molecule has 1 N–H and O–H groups in total. The predicted molar refractivity (Wildman–Crippen MR) is 82.9 cm³/mol. The Hall–Kier alpha value is -2.31. The Kier molecular flexibility index (Phi) is 4.11. The number of hydrogen-bond donors (Lipinski definition) is 1. The van der Waals surface area contributed by atoms with E-state index in [9.17, 15) is 13.2 Å². The van der Waals surface area contributed by atoms with Crippen molar-refractivity contribution >= 4 is 17.3 Å². The van der Waals surface area contributed by atoms with Crippen molar-refractivity contribution in [1.29, 1.82) is 0 Å². The van der Waals surface area contributed by atoms with Gasteiger partial charge in [0.1, 0.15) is 17.5 Å². The topological polar surface area (TPSA) is 41.1 Å². The molecule has 1 fully saturated rings. The van der Waals surface area contributed by atoms with Gasteiger partial charge < -0.3 is 10.2 Å². The van der Waals surface area contributed by atoms with Gasteiger partial charge in [-0.15, -0.1) is 0 Å². The third-order valence-corrected chi connectivity index (χ3v) is 3.74. The van der Waals surface area contributed by atoms with Crippen molar-refractivity contribution in [3.63, 3.8) is 0 Å². The van der Waals surface area contributed by atoms with Crippen molar-refractivity contribution in [2.45, 2.75) is 25.9 Å². The lowest BCUT2D eigenvalue weighted by Gasteiger charge is -2.18. The minimum Gasteiger partial charge on any atom is -0.356 e. The Balaban J connectivity index is 1.79. The summed E-state index contributed by atoms with van der Waals surface area (Å²) in [7, 11) is 0. The second-order valence-electron chi connectivity index (χ2n) is 5.55. The average Bonchev–Trinajstić information content (AvgIpc) is 3.00. The number of anilines is 3. The number of rotatable bonds is 3. The van der Waals surface area contributed by atoms with E-state index in [0.29, 0.717) is 17.3 Å². The lowest BCUT2D eigenvalue weighted by atomic mass is 10.2. The van der Waals surface area contributed by atoms with Crippen LogP contribution in [-0.2, 0) is 6.18 Å². The SMILES string of the molecule is Cc1nc(Nc2ccc(C(F)(F)F)cc2)cc(N2CCCC2)n1. The van der Waals surface area contributed by atoms with Crippen molar-refractivity contribution in [2.75, 3.05) is 23.3 Å². The van der Waals surface area contributed by atoms with E-state index in [4.69, 9.17) is 0 Å². The van der Waals surface area contributed by atoms with Crippen LogP contribution in [0.2, 0.25) is 0 Å². The first-order valence-electron chi connectivity index (χ1n) is 7.47. The number of hydrogen-bond acceptors (Lipinski definition) is 4. The first-order valence-corrected chi connectivity index (χ1v) is 7.47. The van der Waals surface area contributed by atoms with Gasteiger partial charge in [0.2, 0.25) is 0 Å². The van der Waals surface area contributed by atoms with Crippen molar-refractivity contribution < 1.29 is 13.2 Å². The lowest BCUT2D eigenvalue weighted by molar-refractivity contribution is -0.137. The number of aryl methyl sites for hydroxylation is 1. The molecule has 2 aromatic rings. The molecule has 0 spiro atoms. The van der Waals surface area contributed by atoms with Gasteiger partial charge >= 0.3 is 6.18 Å². The Labute approximate surface area is 132 Å². The van der Waals surface area contributed by atoms with Gasteiger partial charge in [-0.25, -0.2) is 9.97 Å². The predicted octanol–water partition coefficient (Wildman–Crippen LogP) is 4.15. The molecular weight excluding hydrogens is 305 g/mol. The second-order valence-corrected chi connectivity index (χ2v) is 5.55. The number of alkyl halides is 3. The summed E-state index contributed by atoms with van der Waals surface area (Å²) in [5.41, 5.74) is -0.108. The molecule has 1 aromatic heterocycles. The van der Waals surface area contributed by atoms with Crippen molar-refractivity contribution in [3.8, 4) is 0 Å². The molecule has 3 rings (SSSR count). The largest absolute Gasteiger partial charge is 0.416 e. The molecule has 0 aliphatic carbocycles. The fraction of sp³-hybridized carbons (Fsp3) is 0.375. The normalized spacial score (nSPS) is 15.0. The van der Waals surface area contributed by atoms with Gasteiger partial charge in [-0.1, -0.05) is 0 Å². The summed E-state index contributed by atoms with van der Waals surface area (Å²) in [6.07, 6.45) is -2.04. The van der Waals surface area contributed by atoms with Crippen LogP contribution in [0.4, 0.5) is 30.5 Å². The lowest BCUT2D eigenvalue weighted by Crippen LogP contribution is -2.19. The zero-order chi connectivity index (χ0) is 16.4. The van der Waals surface area contributed by atoms with E-state index >= 15 is 0 Å². The van der Waals surface area contributed by atoms with Crippen LogP contribution in [0.5, 0.6) is 0 Å². The van der Waals surface area contributed by atoms with E-state index in [2.05, 4.69) is 20.2 Å². The molecule has 1 aromatic carbocycles. The zero-order valence-electron chi connectivity index (χ0n) is 12.7. The molecule has 0 saturated carbocycles. The van der Waals surface area contributed by atoms with Crippen molar-refractivity contribution in [2.24, 2.45) is 0 Å². The van der Waals surface area contributed by atoms with E-state index in [1.165, 1.54) is 12.1 Å². The molecule has 7 heteroatoms. The van der Waals surface area contributed by atoms with Gasteiger partial charge in [0.25, 0.3) is 0 Å². The van der Waals surface area contributed by atoms with Crippen LogP contribution in [0.3, 0.4) is 0 Å². The third kappa shape index (κ3) is 3.72. The molecule has 4 nitrogen and oxygen atoms in total. The number of benzene rings is 1. The molecule has 0 atom stereocenters. The standard InChI is InChI=1S/C16H17F3N4/c1-11-20-14(10-15(21-11)23-8-2-3-9-23)22-13-6-4-12(5-7-13)16(17,18)19/h4-7,10H,2-3,8-9H2,1H3,(H,20,21,22). The van der Waals surface area contributed by atoms with E-state index in [-0.39, 0.29) is 0 Å². The van der Waals surface area contributed by atoms with E-state index in [1.54, 1.807) is 6.92 Å². The van der Waals surface area contributed by atoms with E-state index in [0.717, 1.165) is 43.9 Å². The van der Waals surface area contributed by atoms with Crippen LogP contribution in [0, 0.1) is 6.92 Å². The molecule has 1 saturated heterocycles. The number of nitrogens with zero attached hydrogens (tertiary/aromatic N) is 3. The van der Waals surface area contributed by atoms with Crippen molar-refractivity contribution in [3.05, 3.63) is 41.7 Å². The summed E-state index contributed by atoms with van der Waals surface area (Å²) in [6.45, 7) is 3.74. The fourth-order valence-electron chi connectivity index (χ4n) is 2.61. The molecule has 0 radical (unpaired) electrons. The number of aromatic nitrogens is 2. The molecular formula is C16H17F3N4. The highest BCUT2D eigenvalue weighted by Crippen LogP contribution is 2.30. The van der Waals surface area contributed by atoms with Gasteiger partial charge in [0.15, 0.2) is 0 Å². The van der Waals surface area contributed by atoms with Gasteiger partial charge in [-0.3, -0.25) is 0 Å². The Bertz CT molecular complexity index is 677. The smallest absolute Gasteiger partial charge is 0.356 e. The third-order valence-electron chi connectivity index (χ3n) is 3.74. The van der Waals surface area contributed by atoms with Crippen LogP contribution >= 0.6 is 0 Å². The highest BCUT2D eigenvalue weighted by molar-refractivity contribution is 5.60. The van der Waals surface area contributed by atoms with Crippen LogP contribution in [0.15, 0.2) is 30.3 Å². The molecule has 0 bridgehead atoms. The summed E-state index contributed by atoms with van der Waals surface area (Å²) < 4.78 is 37.7. The quantitative estimate of drug-likeness (QED) is 0.922. The average molecular weight is 322 g/mol. The minimum atomic E-state index is -4.33. The molecule has 2 heterocycles. The molecule has 1 aliphatic heterocycles. The highest BCUT2D eigenvalue weighted by atomic mass is 19.4. The van der Waals surface area contributed by atoms with E-state index < -0.39 is 11.7 Å².